The van der Waals surface area contributed by atoms with Gasteiger partial charge in [0.2, 0.25) is 0 Å². The Kier molecular flexibility index (Phi) is 10.4. The van der Waals surface area contributed by atoms with Gasteiger partial charge in [0.25, 0.3) is 0 Å². The third-order valence-electron chi connectivity index (χ3n) is 11.2. The van der Waals surface area contributed by atoms with Crippen molar-refractivity contribution in [2.24, 2.45) is 0 Å². The fourth-order valence-corrected chi connectivity index (χ4v) is 9.41. The first-order chi connectivity index (χ1) is 31.8. The number of benzene rings is 9. The minimum atomic E-state index is 0.555. The number of aromatic nitrogens is 3. The van der Waals surface area contributed by atoms with Crippen molar-refractivity contribution in [1.29, 1.82) is 0 Å². The van der Waals surface area contributed by atoms with Gasteiger partial charge in [0.15, 0.2) is 17.5 Å². The molecule has 0 atom stereocenters. The van der Waals surface area contributed by atoms with Crippen molar-refractivity contribution in [1.82, 2.24) is 15.0 Å². The molecule has 304 valence electrons. The molecular weight excluding hydrogens is 801 g/mol. The lowest BCUT2D eigenvalue weighted by Gasteiger charge is -2.40. The zero-order valence-corrected chi connectivity index (χ0v) is 35.5. The van der Waals surface area contributed by atoms with Gasteiger partial charge in [-0.15, -0.1) is 0 Å². The Labute approximate surface area is 377 Å². The summed E-state index contributed by atoms with van der Waals surface area (Å²) >= 11 is 1.80. The monoisotopic (exact) mass is 840 g/mol. The minimum absolute atomic E-state index is 0.555. The molecule has 10 aromatic rings. The number of rotatable bonds is 10. The van der Waals surface area contributed by atoms with Crippen LogP contribution < -0.4 is 14.7 Å². The molecule has 9 aromatic carbocycles. The maximum atomic E-state index is 5.33. The van der Waals surface area contributed by atoms with Crippen LogP contribution in [0.25, 0.3) is 34.2 Å². The molecule has 64 heavy (non-hydrogen) atoms. The lowest BCUT2D eigenvalue weighted by molar-refractivity contribution is 1.07. The average Bonchev–Trinajstić information content (AvgIpc) is 3.37. The minimum Gasteiger partial charge on any atom is -0.308 e. The standard InChI is InChI=1S/C57H40N6S/c1-7-23-41(24-8-1)55-58-56(42-25-9-2-10-26-42)60-57(59-55)43-39-50(61(44-27-11-3-12-28-44)45-29-13-4-14-30-45)54(63-48-35-19-21-37-52(48)64-53-38-22-20-36-49(53)63)51(40-43)62(46-31-15-5-16-32-46)47-33-17-6-18-34-47/h1-40H. The molecule has 1 aromatic heterocycles. The molecule has 6 nitrogen and oxygen atoms in total. The van der Waals surface area contributed by atoms with Crippen molar-refractivity contribution in [3.05, 3.63) is 243 Å². The zero-order valence-electron chi connectivity index (χ0n) is 34.7. The van der Waals surface area contributed by atoms with E-state index in [1.165, 1.54) is 0 Å². The third-order valence-corrected chi connectivity index (χ3v) is 12.4. The summed E-state index contributed by atoms with van der Waals surface area (Å²) in [4.78, 5) is 25.3. The Hall–Kier alpha value is -8.26. The van der Waals surface area contributed by atoms with E-state index < -0.39 is 0 Å². The number of hydrogen-bond acceptors (Lipinski definition) is 7. The lowest BCUT2D eigenvalue weighted by atomic mass is 10.0. The van der Waals surface area contributed by atoms with Gasteiger partial charge in [-0.25, -0.2) is 15.0 Å². The topological polar surface area (TPSA) is 48.4 Å². The Morgan fingerprint density at radius 1 is 0.312 bits per heavy atom. The molecule has 0 N–H and O–H groups in total. The molecule has 0 spiro atoms. The molecular formula is C57H40N6S. The second kappa shape index (κ2) is 17.2. The summed E-state index contributed by atoms with van der Waals surface area (Å²) in [6.45, 7) is 0. The van der Waals surface area contributed by atoms with Gasteiger partial charge in [0, 0.05) is 49.2 Å². The molecule has 0 unspecified atom stereocenters. The van der Waals surface area contributed by atoms with Crippen LogP contribution in [0.4, 0.5) is 51.2 Å². The van der Waals surface area contributed by atoms with E-state index in [9.17, 15) is 0 Å². The first-order valence-corrected chi connectivity index (χ1v) is 22.1. The van der Waals surface area contributed by atoms with Crippen molar-refractivity contribution in [3.8, 4) is 34.2 Å². The van der Waals surface area contributed by atoms with Crippen molar-refractivity contribution < 1.29 is 0 Å². The Morgan fingerprint density at radius 3 is 0.969 bits per heavy atom. The molecule has 0 radical (unpaired) electrons. The fraction of sp³-hybridized carbons (Fsp3) is 0. The van der Waals surface area contributed by atoms with E-state index in [4.69, 9.17) is 15.0 Å². The third kappa shape index (κ3) is 7.44. The molecule has 7 heteroatoms. The molecule has 1 aliphatic heterocycles. The molecule has 0 saturated heterocycles. The van der Waals surface area contributed by atoms with E-state index in [1.54, 1.807) is 11.8 Å². The highest BCUT2D eigenvalue weighted by Gasteiger charge is 2.34. The number of fused-ring (bicyclic) bond motifs is 2. The van der Waals surface area contributed by atoms with Crippen LogP contribution in [0.2, 0.25) is 0 Å². The molecule has 1 aliphatic rings. The van der Waals surface area contributed by atoms with Crippen LogP contribution in [-0.2, 0) is 0 Å². The van der Waals surface area contributed by atoms with Gasteiger partial charge in [-0.05, 0) is 84.9 Å². The zero-order chi connectivity index (χ0) is 42.7. The normalized spacial score (nSPS) is 11.7. The lowest BCUT2D eigenvalue weighted by Crippen LogP contribution is -2.23. The van der Waals surface area contributed by atoms with Crippen molar-refractivity contribution >= 4 is 62.9 Å². The Morgan fingerprint density at radius 2 is 0.609 bits per heavy atom. The highest BCUT2D eigenvalue weighted by molar-refractivity contribution is 7.99. The summed E-state index contributed by atoms with van der Waals surface area (Å²) in [5.41, 5.74) is 11.7. The molecule has 0 bridgehead atoms. The number of hydrogen-bond donors (Lipinski definition) is 0. The fourth-order valence-electron chi connectivity index (χ4n) is 8.35. The Balaban J connectivity index is 1.31. The molecule has 0 aliphatic carbocycles. The van der Waals surface area contributed by atoms with Gasteiger partial charge in [-0.3, -0.25) is 0 Å². The summed E-state index contributed by atoms with van der Waals surface area (Å²) < 4.78 is 0. The van der Waals surface area contributed by atoms with Gasteiger partial charge in [-0.1, -0.05) is 169 Å². The van der Waals surface area contributed by atoms with Gasteiger partial charge in [-0.2, -0.15) is 0 Å². The van der Waals surface area contributed by atoms with E-state index in [2.05, 4.69) is 221 Å². The highest BCUT2D eigenvalue weighted by atomic mass is 32.2. The molecule has 2 heterocycles. The van der Waals surface area contributed by atoms with Crippen LogP contribution in [0.15, 0.2) is 252 Å². The number of anilines is 9. The van der Waals surface area contributed by atoms with E-state index in [1.807, 2.05) is 36.4 Å². The van der Waals surface area contributed by atoms with Crippen LogP contribution in [0, 0.1) is 0 Å². The smallest absolute Gasteiger partial charge is 0.164 e. The van der Waals surface area contributed by atoms with Crippen molar-refractivity contribution in [2.75, 3.05) is 14.7 Å². The SMILES string of the molecule is c1ccc(-c2nc(-c3ccccc3)nc(-c3cc(N(c4ccccc4)c4ccccc4)c(N4c5ccccc5Sc5ccccc54)c(N(c4ccccc4)c4ccccc4)c3)n2)cc1. The number of para-hydroxylation sites is 6. The van der Waals surface area contributed by atoms with Gasteiger partial charge in [0.1, 0.15) is 0 Å². The van der Waals surface area contributed by atoms with Crippen LogP contribution >= 0.6 is 11.8 Å². The average molecular weight is 841 g/mol. The van der Waals surface area contributed by atoms with Crippen LogP contribution in [-0.4, -0.2) is 15.0 Å². The quantitative estimate of drug-likeness (QED) is 0.136. The van der Waals surface area contributed by atoms with E-state index in [0.29, 0.717) is 17.5 Å². The van der Waals surface area contributed by atoms with Gasteiger partial charge in [0.05, 0.1) is 28.4 Å². The summed E-state index contributed by atoms with van der Waals surface area (Å²) in [6.07, 6.45) is 0. The predicted molar refractivity (Wildman–Crippen MR) is 264 cm³/mol. The Bertz CT molecular complexity index is 2900. The molecule has 0 fully saturated rings. The summed E-state index contributed by atoms with van der Waals surface area (Å²) in [5.74, 6) is 1.75. The van der Waals surface area contributed by atoms with Crippen LogP contribution in [0.3, 0.4) is 0 Å². The largest absolute Gasteiger partial charge is 0.308 e. The predicted octanol–water partition coefficient (Wildman–Crippen LogP) is 15.7. The van der Waals surface area contributed by atoms with Gasteiger partial charge >= 0.3 is 0 Å². The van der Waals surface area contributed by atoms with Crippen LogP contribution in [0.1, 0.15) is 0 Å². The number of nitrogens with zero attached hydrogens (tertiary/aromatic N) is 6. The van der Waals surface area contributed by atoms with Crippen molar-refractivity contribution in [2.45, 2.75) is 9.79 Å². The van der Waals surface area contributed by atoms with E-state index in [-0.39, 0.29) is 0 Å². The molecule has 0 amide bonds. The second-order valence-corrected chi connectivity index (χ2v) is 16.4. The summed E-state index contributed by atoms with van der Waals surface area (Å²) in [6, 6.07) is 84.7. The second-order valence-electron chi connectivity index (χ2n) is 15.3. The summed E-state index contributed by atoms with van der Waals surface area (Å²) in [7, 11) is 0. The highest BCUT2D eigenvalue weighted by Crippen LogP contribution is 2.59. The first kappa shape index (κ1) is 38.6. The van der Waals surface area contributed by atoms with Gasteiger partial charge < -0.3 is 14.7 Å². The van der Waals surface area contributed by atoms with Crippen molar-refractivity contribution in [3.63, 3.8) is 0 Å². The van der Waals surface area contributed by atoms with E-state index in [0.717, 1.165) is 77.7 Å². The maximum Gasteiger partial charge on any atom is 0.164 e. The molecule has 11 rings (SSSR count). The van der Waals surface area contributed by atoms with Crippen LogP contribution in [0.5, 0.6) is 0 Å². The van der Waals surface area contributed by atoms with E-state index >= 15 is 0 Å². The maximum absolute atomic E-state index is 5.33. The summed E-state index contributed by atoms with van der Waals surface area (Å²) in [5, 5.41) is 0. The molecule has 0 saturated carbocycles. The first-order valence-electron chi connectivity index (χ1n) is 21.3.